The van der Waals surface area contributed by atoms with Crippen LogP contribution in [0.25, 0.3) is 0 Å². The Morgan fingerprint density at radius 1 is 1.38 bits per heavy atom. The normalized spacial score (nSPS) is 12.0. The summed E-state index contributed by atoms with van der Waals surface area (Å²) in [5, 5.41) is 14.7. The van der Waals surface area contributed by atoms with E-state index in [0.29, 0.717) is 18.9 Å². The van der Waals surface area contributed by atoms with E-state index in [1.807, 2.05) is 38.1 Å². The molecule has 1 aromatic carbocycles. The molecule has 0 aliphatic heterocycles. The Hall–Kier alpha value is -1.75. The van der Waals surface area contributed by atoms with Crippen LogP contribution in [0.1, 0.15) is 25.8 Å². The van der Waals surface area contributed by atoms with Crippen LogP contribution in [0.4, 0.5) is 4.79 Å². The summed E-state index contributed by atoms with van der Waals surface area (Å²) in [6.07, 6.45) is 1.32. The fourth-order valence-electron chi connectivity index (χ4n) is 2.08. The number of aliphatic hydroxyl groups excluding tert-OH is 1. The minimum absolute atomic E-state index is 0.00757. The predicted octanol–water partition coefficient (Wildman–Crippen LogP) is 1.94. The predicted molar refractivity (Wildman–Crippen MR) is 83.6 cm³/mol. The second-order valence-electron chi connectivity index (χ2n) is 5.36. The average molecular weight is 294 g/mol. The van der Waals surface area contributed by atoms with Crippen LogP contribution in [0.2, 0.25) is 0 Å². The molecule has 1 atom stereocenters. The summed E-state index contributed by atoms with van der Waals surface area (Å²) in [6.45, 7) is 4.68. The molecule has 5 heteroatoms. The van der Waals surface area contributed by atoms with Crippen molar-refractivity contribution in [2.24, 2.45) is 5.92 Å². The summed E-state index contributed by atoms with van der Waals surface area (Å²) in [6, 6.07) is 7.60. The van der Waals surface area contributed by atoms with E-state index in [0.717, 1.165) is 17.7 Å². The van der Waals surface area contributed by atoms with Gasteiger partial charge in [0.15, 0.2) is 0 Å². The number of hydrogen-bond donors (Lipinski definition) is 3. The van der Waals surface area contributed by atoms with Crippen molar-refractivity contribution in [1.29, 1.82) is 0 Å². The third kappa shape index (κ3) is 6.49. The number of ether oxygens (including phenoxy) is 1. The van der Waals surface area contributed by atoms with Crippen LogP contribution in [0, 0.1) is 5.92 Å². The smallest absolute Gasteiger partial charge is 0.315 e. The van der Waals surface area contributed by atoms with Gasteiger partial charge in [-0.25, -0.2) is 4.79 Å². The lowest BCUT2D eigenvalue weighted by Gasteiger charge is -2.21. The molecular weight excluding hydrogens is 268 g/mol. The van der Waals surface area contributed by atoms with Crippen LogP contribution in [0.3, 0.4) is 0 Å². The molecule has 0 aliphatic carbocycles. The lowest BCUT2D eigenvalue weighted by atomic mass is 10.0. The van der Waals surface area contributed by atoms with E-state index < -0.39 is 0 Å². The number of carbonyl (C=O) groups excluding carboxylic acids is 1. The molecule has 2 amide bonds. The van der Waals surface area contributed by atoms with Gasteiger partial charge in [0.25, 0.3) is 0 Å². The molecule has 3 N–H and O–H groups in total. The zero-order valence-corrected chi connectivity index (χ0v) is 13.1. The SMILES string of the molecule is COc1cccc(CCNC(=O)NC(CCO)C(C)C)c1. The molecule has 5 nitrogen and oxygen atoms in total. The van der Waals surface area contributed by atoms with Gasteiger partial charge >= 0.3 is 6.03 Å². The summed E-state index contributed by atoms with van der Waals surface area (Å²) in [5.74, 6) is 1.11. The molecule has 1 rings (SSSR count). The van der Waals surface area contributed by atoms with E-state index in [1.165, 1.54) is 0 Å². The molecule has 0 aromatic heterocycles. The Balaban J connectivity index is 2.35. The first-order valence-electron chi connectivity index (χ1n) is 7.35. The van der Waals surface area contributed by atoms with Crippen LogP contribution < -0.4 is 15.4 Å². The highest BCUT2D eigenvalue weighted by molar-refractivity contribution is 5.74. The van der Waals surface area contributed by atoms with Crippen LogP contribution >= 0.6 is 0 Å². The first-order chi connectivity index (χ1) is 10.1. The minimum atomic E-state index is -0.190. The first-order valence-corrected chi connectivity index (χ1v) is 7.35. The van der Waals surface area contributed by atoms with Gasteiger partial charge in [0, 0.05) is 19.2 Å². The largest absolute Gasteiger partial charge is 0.497 e. The number of aliphatic hydroxyl groups is 1. The van der Waals surface area contributed by atoms with Crippen molar-refractivity contribution in [3.8, 4) is 5.75 Å². The average Bonchev–Trinajstić information content (AvgIpc) is 2.47. The third-order valence-electron chi connectivity index (χ3n) is 3.39. The third-order valence-corrected chi connectivity index (χ3v) is 3.39. The highest BCUT2D eigenvalue weighted by Crippen LogP contribution is 2.12. The van der Waals surface area contributed by atoms with Crippen LogP contribution in [0.5, 0.6) is 5.75 Å². The first kappa shape index (κ1) is 17.3. The maximum Gasteiger partial charge on any atom is 0.315 e. The number of rotatable bonds is 8. The van der Waals surface area contributed by atoms with Crippen molar-refractivity contribution in [2.75, 3.05) is 20.3 Å². The van der Waals surface area contributed by atoms with Gasteiger partial charge in [-0.2, -0.15) is 0 Å². The van der Waals surface area contributed by atoms with Gasteiger partial charge in [0.05, 0.1) is 7.11 Å². The Morgan fingerprint density at radius 3 is 2.76 bits per heavy atom. The van der Waals surface area contributed by atoms with Gasteiger partial charge < -0.3 is 20.5 Å². The molecule has 0 heterocycles. The second-order valence-corrected chi connectivity index (χ2v) is 5.36. The summed E-state index contributed by atoms with van der Waals surface area (Å²) < 4.78 is 5.16. The summed E-state index contributed by atoms with van der Waals surface area (Å²) in [7, 11) is 1.64. The number of amides is 2. The molecular formula is C16H26N2O3. The Morgan fingerprint density at radius 2 is 2.14 bits per heavy atom. The Kier molecular flexibility index (Phi) is 7.61. The minimum Gasteiger partial charge on any atom is -0.497 e. The Labute approximate surface area is 126 Å². The highest BCUT2D eigenvalue weighted by Gasteiger charge is 2.14. The number of nitrogens with one attached hydrogen (secondary N) is 2. The zero-order chi connectivity index (χ0) is 15.7. The molecule has 0 saturated heterocycles. The molecule has 118 valence electrons. The van der Waals surface area contributed by atoms with E-state index in [2.05, 4.69) is 10.6 Å². The number of benzene rings is 1. The van der Waals surface area contributed by atoms with E-state index in [4.69, 9.17) is 9.84 Å². The monoisotopic (exact) mass is 294 g/mol. The van der Waals surface area contributed by atoms with E-state index in [9.17, 15) is 4.79 Å². The summed E-state index contributed by atoms with van der Waals surface area (Å²) >= 11 is 0. The molecule has 0 fully saturated rings. The van der Waals surface area contributed by atoms with Crippen molar-refractivity contribution in [3.63, 3.8) is 0 Å². The standard InChI is InChI=1S/C16H26N2O3/c1-12(2)15(8-10-19)18-16(20)17-9-7-13-5-4-6-14(11-13)21-3/h4-6,11-12,15,19H,7-10H2,1-3H3,(H2,17,18,20). The Bertz CT molecular complexity index is 435. The van der Waals surface area contributed by atoms with Crippen LogP contribution in [-0.4, -0.2) is 37.4 Å². The fraction of sp³-hybridized carbons (Fsp3) is 0.562. The van der Waals surface area contributed by atoms with Gasteiger partial charge in [-0.3, -0.25) is 0 Å². The quantitative estimate of drug-likeness (QED) is 0.686. The van der Waals surface area contributed by atoms with Crippen molar-refractivity contribution in [1.82, 2.24) is 10.6 Å². The van der Waals surface area contributed by atoms with E-state index >= 15 is 0 Å². The molecule has 0 radical (unpaired) electrons. The van der Waals surface area contributed by atoms with Gasteiger partial charge in [-0.05, 0) is 36.5 Å². The maximum absolute atomic E-state index is 11.8. The number of urea groups is 1. The summed E-state index contributed by atoms with van der Waals surface area (Å²) in [4.78, 5) is 11.8. The summed E-state index contributed by atoms with van der Waals surface area (Å²) in [5.41, 5.74) is 1.12. The maximum atomic E-state index is 11.8. The molecule has 0 aliphatic rings. The topological polar surface area (TPSA) is 70.6 Å². The van der Waals surface area contributed by atoms with E-state index in [1.54, 1.807) is 7.11 Å². The van der Waals surface area contributed by atoms with Crippen LogP contribution in [-0.2, 0) is 6.42 Å². The number of hydrogen-bond acceptors (Lipinski definition) is 3. The second kappa shape index (κ2) is 9.23. The van der Waals surface area contributed by atoms with Crippen molar-refractivity contribution >= 4 is 6.03 Å². The number of carbonyl (C=O) groups is 1. The molecule has 0 saturated carbocycles. The van der Waals surface area contributed by atoms with E-state index in [-0.39, 0.29) is 18.7 Å². The molecule has 21 heavy (non-hydrogen) atoms. The molecule has 0 bridgehead atoms. The van der Waals surface area contributed by atoms with Crippen molar-refractivity contribution < 1.29 is 14.6 Å². The van der Waals surface area contributed by atoms with Gasteiger partial charge in [-0.15, -0.1) is 0 Å². The fourth-order valence-corrected chi connectivity index (χ4v) is 2.08. The molecule has 1 unspecified atom stereocenters. The molecule has 0 spiro atoms. The van der Waals surface area contributed by atoms with Gasteiger partial charge in [-0.1, -0.05) is 26.0 Å². The highest BCUT2D eigenvalue weighted by atomic mass is 16.5. The van der Waals surface area contributed by atoms with Crippen molar-refractivity contribution in [3.05, 3.63) is 29.8 Å². The van der Waals surface area contributed by atoms with Crippen LogP contribution in [0.15, 0.2) is 24.3 Å². The van der Waals surface area contributed by atoms with Gasteiger partial charge in [0.1, 0.15) is 5.75 Å². The number of methoxy groups -OCH3 is 1. The lowest BCUT2D eigenvalue weighted by Crippen LogP contribution is -2.45. The zero-order valence-electron chi connectivity index (χ0n) is 13.1. The van der Waals surface area contributed by atoms with Crippen molar-refractivity contribution in [2.45, 2.75) is 32.7 Å². The lowest BCUT2D eigenvalue weighted by molar-refractivity contribution is 0.219. The van der Waals surface area contributed by atoms with Gasteiger partial charge in [0.2, 0.25) is 0 Å². The molecule has 1 aromatic rings.